The average molecular weight is 351 g/mol. The third kappa shape index (κ3) is 4.30. The Morgan fingerprint density at radius 3 is 2.58 bits per heavy atom. The van der Waals surface area contributed by atoms with Gasteiger partial charge in [0, 0.05) is 0 Å². The SMILES string of the molecule is COc1cc(C=CC=C2OC(=O)NC2=O)ccc1OCc1ccccc1. The molecule has 0 bridgehead atoms. The molecule has 2 amide bonds. The lowest BCUT2D eigenvalue weighted by molar-refractivity contribution is -0.116. The number of imide groups is 1. The van der Waals surface area contributed by atoms with Crippen LogP contribution in [0.4, 0.5) is 4.79 Å². The van der Waals surface area contributed by atoms with E-state index >= 15 is 0 Å². The van der Waals surface area contributed by atoms with E-state index in [1.807, 2.05) is 53.8 Å². The molecule has 1 aliphatic rings. The molecule has 6 nitrogen and oxygen atoms in total. The number of methoxy groups -OCH3 is 1. The van der Waals surface area contributed by atoms with E-state index in [4.69, 9.17) is 14.2 Å². The Balaban J connectivity index is 1.68. The molecule has 0 atom stereocenters. The molecule has 6 heteroatoms. The Labute approximate surface area is 150 Å². The van der Waals surface area contributed by atoms with E-state index in [0.29, 0.717) is 18.1 Å². The highest BCUT2D eigenvalue weighted by Gasteiger charge is 2.25. The van der Waals surface area contributed by atoms with Crippen LogP contribution in [-0.2, 0) is 16.1 Å². The van der Waals surface area contributed by atoms with E-state index in [0.717, 1.165) is 11.1 Å². The van der Waals surface area contributed by atoms with Crippen molar-refractivity contribution in [2.75, 3.05) is 7.11 Å². The smallest absolute Gasteiger partial charge is 0.419 e. The first-order valence-electron chi connectivity index (χ1n) is 7.92. The van der Waals surface area contributed by atoms with Crippen LogP contribution in [0.1, 0.15) is 11.1 Å². The largest absolute Gasteiger partial charge is 0.493 e. The van der Waals surface area contributed by atoms with Gasteiger partial charge in [-0.25, -0.2) is 4.79 Å². The molecule has 1 heterocycles. The highest BCUT2D eigenvalue weighted by atomic mass is 16.6. The number of alkyl carbamates (subject to hydrolysis) is 1. The first-order chi connectivity index (χ1) is 12.7. The predicted molar refractivity (Wildman–Crippen MR) is 95.5 cm³/mol. The van der Waals surface area contributed by atoms with Crippen LogP contribution in [0.5, 0.6) is 11.5 Å². The Hall–Kier alpha value is -3.54. The summed E-state index contributed by atoms with van der Waals surface area (Å²) in [5.74, 6) is 0.639. The number of hydrogen-bond donors (Lipinski definition) is 1. The van der Waals surface area contributed by atoms with Gasteiger partial charge in [-0.15, -0.1) is 0 Å². The van der Waals surface area contributed by atoms with Crippen LogP contribution in [0.25, 0.3) is 6.08 Å². The van der Waals surface area contributed by atoms with Crippen LogP contribution in [-0.4, -0.2) is 19.1 Å². The quantitative estimate of drug-likeness (QED) is 0.807. The summed E-state index contributed by atoms with van der Waals surface area (Å²) >= 11 is 0. The second kappa shape index (κ2) is 8.02. The summed E-state index contributed by atoms with van der Waals surface area (Å²) in [6, 6.07) is 15.3. The van der Waals surface area contributed by atoms with E-state index in [-0.39, 0.29) is 5.76 Å². The number of hydrogen-bond acceptors (Lipinski definition) is 5. The highest BCUT2D eigenvalue weighted by Crippen LogP contribution is 2.29. The Morgan fingerprint density at radius 1 is 1.08 bits per heavy atom. The van der Waals surface area contributed by atoms with Crippen LogP contribution < -0.4 is 14.8 Å². The fourth-order valence-corrected chi connectivity index (χ4v) is 2.32. The summed E-state index contributed by atoms with van der Waals surface area (Å²) in [6.45, 7) is 0.443. The van der Waals surface area contributed by atoms with Gasteiger partial charge in [-0.3, -0.25) is 10.1 Å². The molecule has 0 aliphatic carbocycles. The van der Waals surface area contributed by atoms with Crippen LogP contribution in [0.15, 0.2) is 66.4 Å². The Morgan fingerprint density at radius 2 is 1.88 bits per heavy atom. The van der Waals surface area contributed by atoms with E-state index in [2.05, 4.69) is 0 Å². The zero-order valence-electron chi connectivity index (χ0n) is 14.1. The molecule has 3 rings (SSSR count). The van der Waals surface area contributed by atoms with E-state index in [1.165, 1.54) is 6.08 Å². The molecule has 2 aromatic carbocycles. The summed E-state index contributed by atoms with van der Waals surface area (Å²) in [7, 11) is 1.57. The number of ether oxygens (including phenoxy) is 3. The van der Waals surface area contributed by atoms with Gasteiger partial charge in [0.05, 0.1) is 7.11 Å². The molecule has 0 aromatic heterocycles. The summed E-state index contributed by atoms with van der Waals surface area (Å²) in [4.78, 5) is 22.3. The number of nitrogens with one attached hydrogen (secondary N) is 1. The molecular weight excluding hydrogens is 334 g/mol. The van der Waals surface area contributed by atoms with Gasteiger partial charge in [-0.1, -0.05) is 48.6 Å². The van der Waals surface area contributed by atoms with Gasteiger partial charge in [-0.05, 0) is 29.3 Å². The van der Waals surface area contributed by atoms with Gasteiger partial charge >= 0.3 is 6.09 Å². The summed E-state index contributed by atoms with van der Waals surface area (Å²) < 4.78 is 15.9. The van der Waals surface area contributed by atoms with Gasteiger partial charge in [0.2, 0.25) is 0 Å². The average Bonchev–Trinajstić information content (AvgIpc) is 2.98. The molecule has 0 saturated carbocycles. The van der Waals surface area contributed by atoms with Crippen LogP contribution in [0.3, 0.4) is 0 Å². The second-order valence-electron chi connectivity index (χ2n) is 5.42. The van der Waals surface area contributed by atoms with Crippen LogP contribution >= 0.6 is 0 Å². The standard InChI is InChI=1S/C20H17NO5/c1-24-18-12-14(8-5-9-17-19(22)21-20(23)26-17)10-11-16(18)25-13-15-6-3-2-4-7-15/h2-12H,13H2,1H3,(H,21,22,23). The van der Waals surface area contributed by atoms with Crippen molar-refractivity contribution < 1.29 is 23.8 Å². The summed E-state index contributed by atoms with van der Waals surface area (Å²) in [5, 5.41) is 2.03. The maximum Gasteiger partial charge on any atom is 0.419 e. The molecule has 0 unspecified atom stereocenters. The zero-order chi connectivity index (χ0) is 18.4. The zero-order valence-corrected chi connectivity index (χ0v) is 14.1. The maximum absolute atomic E-state index is 11.4. The number of rotatable bonds is 6. The lowest BCUT2D eigenvalue weighted by atomic mass is 10.2. The van der Waals surface area contributed by atoms with Crippen molar-refractivity contribution in [2.24, 2.45) is 0 Å². The third-order valence-corrected chi connectivity index (χ3v) is 3.60. The number of allylic oxidation sites excluding steroid dienone is 2. The van der Waals surface area contributed by atoms with Crippen molar-refractivity contribution in [1.29, 1.82) is 0 Å². The van der Waals surface area contributed by atoms with E-state index in [9.17, 15) is 9.59 Å². The lowest BCUT2D eigenvalue weighted by Crippen LogP contribution is -2.18. The first-order valence-corrected chi connectivity index (χ1v) is 7.92. The number of carbonyl (C=O) groups is 2. The molecule has 0 radical (unpaired) electrons. The third-order valence-electron chi connectivity index (χ3n) is 3.60. The number of carbonyl (C=O) groups excluding carboxylic acids is 2. The van der Waals surface area contributed by atoms with Gasteiger partial charge in [0.15, 0.2) is 17.3 Å². The highest BCUT2D eigenvalue weighted by molar-refractivity contribution is 6.07. The van der Waals surface area contributed by atoms with Gasteiger partial charge in [-0.2, -0.15) is 0 Å². The second-order valence-corrected chi connectivity index (χ2v) is 5.42. The molecule has 132 valence electrons. The minimum Gasteiger partial charge on any atom is -0.493 e. The van der Waals surface area contributed by atoms with Crippen molar-refractivity contribution >= 4 is 18.1 Å². The van der Waals surface area contributed by atoms with Crippen LogP contribution in [0, 0.1) is 0 Å². The van der Waals surface area contributed by atoms with Crippen molar-refractivity contribution in [3.05, 3.63) is 77.6 Å². The molecule has 2 aromatic rings. The van der Waals surface area contributed by atoms with Gasteiger partial charge in [0.1, 0.15) is 6.61 Å². The normalized spacial score (nSPS) is 15.2. The molecule has 1 N–H and O–H groups in total. The molecule has 0 spiro atoms. The van der Waals surface area contributed by atoms with E-state index in [1.54, 1.807) is 19.3 Å². The van der Waals surface area contributed by atoms with Crippen LogP contribution in [0.2, 0.25) is 0 Å². The summed E-state index contributed by atoms with van der Waals surface area (Å²) in [6.07, 6.45) is 4.03. The number of benzene rings is 2. The monoisotopic (exact) mass is 351 g/mol. The first kappa shape index (κ1) is 17.3. The summed E-state index contributed by atoms with van der Waals surface area (Å²) in [5.41, 5.74) is 1.91. The van der Waals surface area contributed by atoms with Crippen molar-refractivity contribution in [3.8, 4) is 11.5 Å². The minimum atomic E-state index is -0.767. The maximum atomic E-state index is 11.4. The molecule has 26 heavy (non-hydrogen) atoms. The Kier molecular flexibility index (Phi) is 5.34. The number of cyclic esters (lactones) is 1. The molecule has 1 aliphatic heterocycles. The molecular formula is C20H17NO5. The lowest BCUT2D eigenvalue weighted by Gasteiger charge is -2.11. The van der Waals surface area contributed by atoms with Crippen molar-refractivity contribution in [1.82, 2.24) is 5.32 Å². The molecule has 1 fully saturated rings. The Bertz CT molecular complexity index is 871. The fourth-order valence-electron chi connectivity index (χ4n) is 2.32. The van der Waals surface area contributed by atoms with Gasteiger partial charge in [0.25, 0.3) is 5.91 Å². The minimum absolute atomic E-state index is 0.0407. The molecule has 1 saturated heterocycles. The van der Waals surface area contributed by atoms with E-state index < -0.39 is 12.0 Å². The predicted octanol–water partition coefficient (Wildman–Crippen LogP) is 3.44. The van der Waals surface area contributed by atoms with Crippen molar-refractivity contribution in [2.45, 2.75) is 6.61 Å². The van der Waals surface area contributed by atoms with Crippen molar-refractivity contribution in [3.63, 3.8) is 0 Å². The topological polar surface area (TPSA) is 73.9 Å². The fraction of sp³-hybridized carbons (Fsp3) is 0.100. The number of amides is 2. The van der Waals surface area contributed by atoms with Gasteiger partial charge < -0.3 is 14.2 Å².